The Morgan fingerprint density at radius 1 is 0.934 bits per heavy atom. The van der Waals surface area contributed by atoms with Crippen LogP contribution in [-0.4, -0.2) is 135 Å². The number of methoxy groups -OCH3 is 2. The Hall–Kier alpha value is -3.91. The number of aromatic nitrogens is 1. The maximum absolute atomic E-state index is 14.4. The van der Waals surface area contributed by atoms with Gasteiger partial charge in [0, 0.05) is 57.7 Å². The fourth-order valence-electron chi connectivity index (χ4n) is 9.17. The van der Waals surface area contributed by atoms with Gasteiger partial charge in [-0.1, -0.05) is 73.1 Å². The zero-order valence-corrected chi connectivity index (χ0v) is 39.4. The van der Waals surface area contributed by atoms with Gasteiger partial charge in [0.25, 0.3) is 0 Å². The number of Topliss-reactive ketones (excluding diaryl/α,β-unsaturated/α-hetero) is 1. The molecule has 1 fully saturated rings. The molecule has 0 bridgehead atoms. The van der Waals surface area contributed by atoms with Gasteiger partial charge in [-0.2, -0.15) is 0 Å². The largest absolute Gasteiger partial charge is 0.399 e. The SMILES string of the molecule is CC[C@H](C)[C@@H]([C@@H](CC(=O)N1CCC[C@H]1[C@H](OC)[C@@H](C)C(=O)C[C@H](CNCCc1ccc(N)cc1)Cc1ccccn1)OC)N(C)C(=O)[C@@H](NC(=O)[C@H](C(C)C)N(C)C)C(C)C. The van der Waals surface area contributed by atoms with E-state index in [1.807, 2.05) is 101 Å². The van der Waals surface area contributed by atoms with Gasteiger partial charge >= 0.3 is 0 Å². The molecule has 4 N–H and O–H groups in total. The van der Waals surface area contributed by atoms with Gasteiger partial charge < -0.3 is 35.6 Å². The van der Waals surface area contributed by atoms with Gasteiger partial charge in [-0.3, -0.25) is 29.1 Å². The third-order valence-corrected chi connectivity index (χ3v) is 12.8. The highest BCUT2D eigenvalue weighted by Gasteiger charge is 2.43. The van der Waals surface area contributed by atoms with Crippen LogP contribution < -0.4 is 16.4 Å². The van der Waals surface area contributed by atoms with E-state index in [0.29, 0.717) is 25.9 Å². The lowest BCUT2D eigenvalue weighted by molar-refractivity contribution is -0.148. The number of ether oxygens (including phenoxy) is 2. The van der Waals surface area contributed by atoms with Crippen molar-refractivity contribution in [1.82, 2.24) is 30.3 Å². The Labute approximate surface area is 367 Å². The summed E-state index contributed by atoms with van der Waals surface area (Å²) >= 11 is 0. The Morgan fingerprint density at radius 2 is 1.62 bits per heavy atom. The fourth-order valence-corrected chi connectivity index (χ4v) is 9.17. The number of pyridine rings is 1. The first-order valence-corrected chi connectivity index (χ1v) is 22.5. The summed E-state index contributed by atoms with van der Waals surface area (Å²) in [5, 5.41) is 6.64. The van der Waals surface area contributed by atoms with Crippen LogP contribution in [0.25, 0.3) is 0 Å². The predicted octanol–water partition coefficient (Wildman–Crippen LogP) is 5.26. The summed E-state index contributed by atoms with van der Waals surface area (Å²) in [7, 11) is 8.71. The van der Waals surface area contributed by atoms with E-state index in [4.69, 9.17) is 15.2 Å². The van der Waals surface area contributed by atoms with Gasteiger partial charge in [0.1, 0.15) is 11.8 Å². The summed E-state index contributed by atoms with van der Waals surface area (Å²) in [5.41, 5.74) is 8.74. The van der Waals surface area contributed by atoms with Gasteiger partial charge in [-0.05, 0) is 106 Å². The molecule has 1 aliphatic rings. The Morgan fingerprint density at radius 3 is 2.18 bits per heavy atom. The minimum Gasteiger partial charge on any atom is -0.399 e. The van der Waals surface area contributed by atoms with E-state index in [-0.39, 0.29) is 59.6 Å². The lowest BCUT2D eigenvalue weighted by Gasteiger charge is -2.41. The third kappa shape index (κ3) is 14.9. The topological polar surface area (TPSA) is 159 Å². The molecule has 1 aliphatic heterocycles. The van der Waals surface area contributed by atoms with Crippen molar-refractivity contribution in [3.8, 4) is 0 Å². The number of amides is 3. The first-order chi connectivity index (χ1) is 28.9. The third-order valence-electron chi connectivity index (χ3n) is 12.8. The number of likely N-dealkylation sites (N-methyl/N-ethyl adjacent to an activating group) is 2. The lowest BCUT2D eigenvalue weighted by atomic mass is 9.86. The Balaban J connectivity index is 1.75. The molecule has 1 aromatic heterocycles. The molecule has 9 atom stereocenters. The highest BCUT2D eigenvalue weighted by molar-refractivity contribution is 5.90. The summed E-state index contributed by atoms with van der Waals surface area (Å²) in [6, 6.07) is 11.9. The number of ketones is 1. The quantitative estimate of drug-likeness (QED) is 0.0843. The van der Waals surface area contributed by atoms with Crippen molar-refractivity contribution in [1.29, 1.82) is 0 Å². The van der Waals surface area contributed by atoms with Gasteiger partial charge in [0.2, 0.25) is 17.7 Å². The van der Waals surface area contributed by atoms with Crippen LogP contribution in [0.15, 0.2) is 48.7 Å². The number of rotatable bonds is 26. The predicted molar refractivity (Wildman–Crippen MR) is 244 cm³/mol. The van der Waals surface area contributed by atoms with E-state index in [1.165, 1.54) is 5.56 Å². The minimum atomic E-state index is -0.753. The molecule has 0 aliphatic carbocycles. The van der Waals surface area contributed by atoms with Crippen molar-refractivity contribution in [2.75, 3.05) is 60.7 Å². The molecule has 1 aromatic carbocycles. The molecule has 3 rings (SSSR count). The molecule has 13 nitrogen and oxygen atoms in total. The van der Waals surface area contributed by atoms with Crippen LogP contribution in [0.4, 0.5) is 5.69 Å². The number of carbonyl (C=O) groups is 4. The van der Waals surface area contributed by atoms with Gasteiger partial charge in [-0.25, -0.2) is 0 Å². The van der Waals surface area contributed by atoms with Crippen LogP contribution in [-0.2, 0) is 41.5 Å². The van der Waals surface area contributed by atoms with Crippen LogP contribution in [0.2, 0.25) is 0 Å². The number of hydrogen-bond acceptors (Lipinski definition) is 10. The second-order valence-corrected chi connectivity index (χ2v) is 18.2. The summed E-state index contributed by atoms with van der Waals surface area (Å²) in [6.07, 6.45) is 4.86. The minimum absolute atomic E-state index is 0.00891. The van der Waals surface area contributed by atoms with Gasteiger partial charge in [0.05, 0.1) is 36.8 Å². The summed E-state index contributed by atoms with van der Waals surface area (Å²) in [4.78, 5) is 66.4. The van der Waals surface area contributed by atoms with E-state index in [9.17, 15) is 19.2 Å². The van der Waals surface area contributed by atoms with Crippen LogP contribution in [0.5, 0.6) is 0 Å². The van der Waals surface area contributed by atoms with Crippen molar-refractivity contribution in [3.05, 3.63) is 59.9 Å². The molecule has 3 amide bonds. The summed E-state index contributed by atoms with van der Waals surface area (Å²) < 4.78 is 12.2. The van der Waals surface area contributed by atoms with E-state index >= 15 is 0 Å². The Kier molecular flexibility index (Phi) is 21.3. The van der Waals surface area contributed by atoms with Crippen molar-refractivity contribution in [3.63, 3.8) is 0 Å². The van der Waals surface area contributed by atoms with Crippen LogP contribution in [0.1, 0.15) is 91.8 Å². The van der Waals surface area contributed by atoms with E-state index in [2.05, 4.69) is 29.5 Å². The Bertz CT molecular complexity index is 1630. The number of carbonyl (C=O) groups excluding carboxylic acids is 4. The highest BCUT2D eigenvalue weighted by Crippen LogP contribution is 2.31. The van der Waals surface area contributed by atoms with E-state index in [0.717, 1.165) is 43.6 Å². The molecule has 2 heterocycles. The maximum atomic E-state index is 14.4. The highest BCUT2D eigenvalue weighted by atomic mass is 16.5. The molecule has 0 saturated carbocycles. The van der Waals surface area contributed by atoms with Gasteiger partial charge in [-0.15, -0.1) is 0 Å². The second-order valence-electron chi connectivity index (χ2n) is 18.2. The summed E-state index contributed by atoms with van der Waals surface area (Å²) in [5.74, 6) is -0.970. The number of hydrogen-bond donors (Lipinski definition) is 3. The number of nitrogens with two attached hydrogens (primary N) is 1. The maximum Gasteiger partial charge on any atom is 0.245 e. The molecule has 13 heteroatoms. The molecule has 0 radical (unpaired) electrons. The van der Waals surface area contributed by atoms with E-state index in [1.54, 1.807) is 32.4 Å². The molecule has 0 unspecified atom stereocenters. The van der Waals surface area contributed by atoms with Crippen LogP contribution in [0.3, 0.4) is 0 Å². The molecule has 0 spiro atoms. The normalized spacial score (nSPS) is 18.3. The van der Waals surface area contributed by atoms with Gasteiger partial charge in [0.15, 0.2) is 0 Å². The number of benzene rings is 1. The van der Waals surface area contributed by atoms with Crippen molar-refractivity contribution >= 4 is 29.2 Å². The number of nitrogens with zero attached hydrogens (tertiary/aromatic N) is 4. The first-order valence-electron chi connectivity index (χ1n) is 22.5. The average molecular weight is 850 g/mol. The standard InChI is InChI=1S/C48H79N7O6/c1-13-33(6)45(54(10)48(59)43(31(2)3)52-47(58)44(32(4)5)53(8)9)41(60-11)29-42(57)55-26-16-18-39(55)46(61-12)34(7)40(56)28-36(27-38-17-14-15-24-51-38)30-50-25-23-35-19-21-37(49)22-20-35/h14-15,17,19-22,24,31-34,36,39,41,43-46,50H,13,16,18,23,25-30,49H2,1-12H3,(H,52,58)/t33-,34-,36+,39-,41+,43-,44-,45-,46+/m0/s1. The number of nitrogen functional groups attached to an aromatic ring is 1. The zero-order chi connectivity index (χ0) is 45.4. The van der Waals surface area contributed by atoms with E-state index < -0.39 is 36.3 Å². The molecule has 1 saturated heterocycles. The van der Waals surface area contributed by atoms with Crippen molar-refractivity contribution in [2.24, 2.45) is 29.6 Å². The van der Waals surface area contributed by atoms with Crippen molar-refractivity contribution in [2.45, 2.75) is 130 Å². The van der Waals surface area contributed by atoms with Crippen LogP contribution >= 0.6 is 0 Å². The molecule has 2 aromatic rings. The average Bonchev–Trinajstić information content (AvgIpc) is 3.71. The van der Waals surface area contributed by atoms with Crippen LogP contribution in [0, 0.1) is 29.6 Å². The molecule has 342 valence electrons. The zero-order valence-electron chi connectivity index (χ0n) is 39.4. The fraction of sp³-hybridized carbons (Fsp3) is 0.688. The second kappa shape index (κ2) is 25.3. The monoisotopic (exact) mass is 850 g/mol. The van der Waals surface area contributed by atoms with Crippen molar-refractivity contribution < 1.29 is 28.7 Å². The summed E-state index contributed by atoms with van der Waals surface area (Å²) in [6.45, 7) is 15.9. The smallest absolute Gasteiger partial charge is 0.245 e. The number of nitrogens with one attached hydrogen (secondary N) is 2. The lowest BCUT2D eigenvalue weighted by Crippen LogP contribution is -2.59. The number of likely N-dealkylation sites (tertiary alicyclic amines) is 1. The first kappa shape index (κ1) is 51.4. The molecular weight excluding hydrogens is 771 g/mol. The number of anilines is 1. The molecular formula is C48H79N7O6. The molecule has 61 heavy (non-hydrogen) atoms.